The van der Waals surface area contributed by atoms with Crippen LogP contribution < -0.4 is 10.6 Å². The molecule has 6 heteroatoms. The Balaban J connectivity index is 2.15. The highest BCUT2D eigenvalue weighted by molar-refractivity contribution is 7.92. The summed E-state index contributed by atoms with van der Waals surface area (Å²) in [5, 5.41) is 0. The van der Waals surface area contributed by atoms with E-state index in [4.69, 9.17) is 5.90 Å². The summed E-state index contributed by atoms with van der Waals surface area (Å²) in [7, 11) is -3.57. The van der Waals surface area contributed by atoms with Crippen LogP contribution in [0.4, 0.5) is 5.69 Å². The molecule has 0 atom stereocenters. The first kappa shape index (κ1) is 15.5. The fraction of sp³-hybridized carbons (Fsp3) is 0.200. The Labute approximate surface area is 124 Å². The van der Waals surface area contributed by atoms with Crippen molar-refractivity contribution >= 4 is 15.7 Å². The number of nitrogens with two attached hydrogens (primary N) is 1. The molecule has 2 aromatic carbocycles. The number of sulfonamides is 1. The van der Waals surface area contributed by atoms with Crippen molar-refractivity contribution in [3.05, 3.63) is 59.7 Å². The molecule has 0 saturated carbocycles. The van der Waals surface area contributed by atoms with Crippen LogP contribution in [0.1, 0.15) is 11.1 Å². The molecule has 21 heavy (non-hydrogen) atoms. The lowest BCUT2D eigenvalue weighted by Gasteiger charge is -2.09. The van der Waals surface area contributed by atoms with Crippen molar-refractivity contribution in [3.8, 4) is 0 Å². The van der Waals surface area contributed by atoms with Gasteiger partial charge in [0.05, 0.1) is 11.5 Å². The van der Waals surface area contributed by atoms with Crippen molar-refractivity contribution in [2.24, 2.45) is 5.90 Å². The fourth-order valence-electron chi connectivity index (χ4n) is 1.93. The smallest absolute Gasteiger partial charge is 0.261 e. The zero-order valence-corrected chi connectivity index (χ0v) is 12.6. The first-order valence-electron chi connectivity index (χ1n) is 6.51. The van der Waals surface area contributed by atoms with E-state index in [2.05, 4.69) is 9.56 Å². The predicted molar refractivity (Wildman–Crippen MR) is 82.3 cm³/mol. The fourth-order valence-corrected chi connectivity index (χ4v) is 2.98. The monoisotopic (exact) mass is 306 g/mol. The molecule has 0 amide bonds. The summed E-state index contributed by atoms with van der Waals surface area (Å²) in [6.07, 6.45) is 0.641. The predicted octanol–water partition coefficient (Wildman–Crippen LogP) is 2.23. The molecule has 0 aliphatic heterocycles. The van der Waals surface area contributed by atoms with E-state index in [1.54, 1.807) is 36.4 Å². The lowest BCUT2D eigenvalue weighted by Crippen LogP contribution is -2.13. The molecule has 0 aliphatic carbocycles. The van der Waals surface area contributed by atoms with Crippen molar-refractivity contribution in [2.75, 3.05) is 11.3 Å². The van der Waals surface area contributed by atoms with E-state index >= 15 is 0 Å². The second-order valence-electron chi connectivity index (χ2n) is 4.74. The maximum atomic E-state index is 12.3. The van der Waals surface area contributed by atoms with Gasteiger partial charge in [-0.2, -0.15) is 0 Å². The number of rotatable bonds is 6. The van der Waals surface area contributed by atoms with Crippen LogP contribution in [0.5, 0.6) is 0 Å². The number of aryl methyl sites for hydroxylation is 1. The van der Waals surface area contributed by atoms with Gasteiger partial charge < -0.3 is 4.84 Å². The Bertz CT molecular complexity index is 697. The van der Waals surface area contributed by atoms with Gasteiger partial charge in [-0.3, -0.25) is 4.72 Å². The highest BCUT2D eigenvalue weighted by Gasteiger charge is 2.13. The summed E-state index contributed by atoms with van der Waals surface area (Å²) < 4.78 is 27.1. The molecule has 0 saturated heterocycles. The molecule has 3 N–H and O–H groups in total. The van der Waals surface area contributed by atoms with Gasteiger partial charge in [0.1, 0.15) is 0 Å². The van der Waals surface area contributed by atoms with Crippen molar-refractivity contribution in [1.82, 2.24) is 0 Å². The number of benzene rings is 2. The molecule has 0 aliphatic rings. The molecule has 0 unspecified atom stereocenters. The largest absolute Gasteiger partial charge is 0.304 e. The second-order valence-corrected chi connectivity index (χ2v) is 6.42. The van der Waals surface area contributed by atoms with Gasteiger partial charge in [0.2, 0.25) is 0 Å². The first-order chi connectivity index (χ1) is 10.0. The summed E-state index contributed by atoms with van der Waals surface area (Å²) >= 11 is 0. The minimum Gasteiger partial charge on any atom is -0.304 e. The lowest BCUT2D eigenvalue weighted by molar-refractivity contribution is 0.141. The van der Waals surface area contributed by atoms with Crippen molar-refractivity contribution in [3.63, 3.8) is 0 Å². The molecule has 2 rings (SSSR count). The van der Waals surface area contributed by atoms with Gasteiger partial charge in [0, 0.05) is 5.69 Å². The Morgan fingerprint density at radius 3 is 2.48 bits per heavy atom. The Kier molecular flexibility index (Phi) is 4.95. The molecule has 2 aromatic rings. The minimum absolute atomic E-state index is 0.224. The maximum Gasteiger partial charge on any atom is 0.261 e. The van der Waals surface area contributed by atoms with Gasteiger partial charge in [-0.25, -0.2) is 14.3 Å². The van der Waals surface area contributed by atoms with Gasteiger partial charge in [-0.05, 0) is 48.7 Å². The number of anilines is 1. The SMILES string of the molecule is Cc1cccc(NS(=O)(=O)c2ccc(CCON)cc2)c1. The van der Waals surface area contributed by atoms with Crippen LogP contribution in [0.15, 0.2) is 53.4 Å². The number of nitrogens with one attached hydrogen (secondary N) is 1. The lowest BCUT2D eigenvalue weighted by atomic mass is 10.2. The Morgan fingerprint density at radius 1 is 1.14 bits per heavy atom. The normalized spacial score (nSPS) is 11.3. The van der Waals surface area contributed by atoms with Crippen LogP contribution in [-0.2, 0) is 21.3 Å². The molecular weight excluding hydrogens is 288 g/mol. The van der Waals surface area contributed by atoms with Crippen LogP contribution in [-0.4, -0.2) is 15.0 Å². The summed E-state index contributed by atoms with van der Waals surface area (Å²) in [5.74, 6) is 4.97. The van der Waals surface area contributed by atoms with E-state index < -0.39 is 10.0 Å². The molecule has 112 valence electrons. The van der Waals surface area contributed by atoms with Crippen molar-refractivity contribution in [1.29, 1.82) is 0 Å². The quantitative estimate of drug-likeness (QED) is 0.802. The van der Waals surface area contributed by atoms with Gasteiger partial charge in [-0.1, -0.05) is 24.3 Å². The maximum absolute atomic E-state index is 12.3. The van der Waals surface area contributed by atoms with Crippen LogP contribution in [0.25, 0.3) is 0 Å². The first-order valence-corrected chi connectivity index (χ1v) is 8.00. The number of hydrogen-bond donors (Lipinski definition) is 2. The van der Waals surface area contributed by atoms with Crippen LogP contribution in [0.2, 0.25) is 0 Å². The Morgan fingerprint density at radius 2 is 1.86 bits per heavy atom. The van der Waals surface area contributed by atoms with Crippen LogP contribution in [0.3, 0.4) is 0 Å². The van der Waals surface area contributed by atoms with Crippen LogP contribution >= 0.6 is 0 Å². The Hall–Kier alpha value is -1.89. The molecular formula is C15H18N2O3S. The summed E-state index contributed by atoms with van der Waals surface area (Å²) in [6.45, 7) is 2.31. The topological polar surface area (TPSA) is 81.4 Å². The van der Waals surface area contributed by atoms with E-state index in [9.17, 15) is 8.42 Å². The highest BCUT2D eigenvalue weighted by atomic mass is 32.2. The zero-order valence-electron chi connectivity index (χ0n) is 11.7. The van der Waals surface area contributed by atoms with Gasteiger partial charge in [0.15, 0.2) is 0 Å². The second kappa shape index (κ2) is 6.71. The molecule has 0 heterocycles. The van der Waals surface area contributed by atoms with Gasteiger partial charge in [-0.15, -0.1) is 0 Å². The summed E-state index contributed by atoms with van der Waals surface area (Å²) in [5.41, 5.74) is 2.51. The van der Waals surface area contributed by atoms with Gasteiger partial charge in [0.25, 0.3) is 10.0 Å². The molecule has 0 fully saturated rings. The standard InChI is InChI=1S/C15H18N2O3S/c1-12-3-2-4-14(11-12)17-21(18,19)15-7-5-13(6-8-15)9-10-20-16/h2-8,11,17H,9-10,16H2,1H3. The van der Waals surface area contributed by atoms with Gasteiger partial charge >= 0.3 is 0 Å². The zero-order chi connectivity index (χ0) is 15.3. The van der Waals surface area contributed by atoms with Crippen LogP contribution in [0, 0.1) is 6.92 Å². The van der Waals surface area contributed by atoms with E-state index in [1.807, 2.05) is 19.1 Å². The van der Waals surface area contributed by atoms with E-state index in [0.717, 1.165) is 11.1 Å². The molecule has 5 nitrogen and oxygen atoms in total. The third-order valence-corrected chi connectivity index (χ3v) is 4.41. The summed E-state index contributed by atoms with van der Waals surface area (Å²) in [6, 6.07) is 13.9. The highest BCUT2D eigenvalue weighted by Crippen LogP contribution is 2.17. The van der Waals surface area contributed by atoms with E-state index in [1.165, 1.54) is 0 Å². The van der Waals surface area contributed by atoms with E-state index in [0.29, 0.717) is 18.7 Å². The third kappa shape index (κ3) is 4.29. The average molecular weight is 306 g/mol. The average Bonchev–Trinajstić information content (AvgIpc) is 2.45. The molecule has 0 spiro atoms. The molecule has 0 bridgehead atoms. The summed E-state index contributed by atoms with van der Waals surface area (Å²) in [4.78, 5) is 4.73. The van der Waals surface area contributed by atoms with E-state index in [-0.39, 0.29) is 4.90 Å². The minimum atomic E-state index is -3.57. The third-order valence-electron chi connectivity index (χ3n) is 3.01. The molecule has 0 aromatic heterocycles. The number of hydrogen-bond acceptors (Lipinski definition) is 4. The van der Waals surface area contributed by atoms with Crippen molar-refractivity contribution in [2.45, 2.75) is 18.2 Å². The van der Waals surface area contributed by atoms with Crippen molar-refractivity contribution < 1.29 is 13.3 Å². The molecule has 0 radical (unpaired) electrons.